The SMILES string of the molecule is CCCN1C(=O)CCCC(N)C1c1ccc([N+](=O)[O-])o1. The molecule has 1 aliphatic heterocycles. The van der Waals surface area contributed by atoms with Gasteiger partial charge >= 0.3 is 5.88 Å². The van der Waals surface area contributed by atoms with Gasteiger partial charge in [0.05, 0.1) is 6.07 Å². The van der Waals surface area contributed by atoms with Gasteiger partial charge in [-0.3, -0.25) is 14.9 Å². The Labute approximate surface area is 116 Å². The molecular formula is C13H19N3O4. The fraction of sp³-hybridized carbons (Fsp3) is 0.615. The molecule has 1 aromatic rings. The second-order valence-corrected chi connectivity index (χ2v) is 5.02. The predicted molar refractivity (Wildman–Crippen MR) is 71.9 cm³/mol. The Bertz CT molecular complexity index is 500. The van der Waals surface area contributed by atoms with Crippen LogP contribution in [0, 0.1) is 10.1 Å². The summed E-state index contributed by atoms with van der Waals surface area (Å²) >= 11 is 0. The van der Waals surface area contributed by atoms with Gasteiger partial charge in [-0.25, -0.2) is 0 Å². The summed E-state index contributed by atoms with van der Waals surface area (Å²) in [5.41, 5.74) is 6.16. The molecule has 1 fully saturated rings. The Morgan fingerprint density at radius 3 is 2.90 bits per heavy atom. The molecule has 1 aliphatic rings. The van der Waals surface area contributed by atoms with E-state index >= 15 is 0 Å². The molecule has 2 rings (SSSR count). The molecule has 0 saturated carbocycles. The van der Waals surface area contributed by atoms with Gasteiger partial charge in [0.2, 0.25) is 5.91 Å². The van der Waals surface area contributed by atoms with Crippen LogP contribution in [0.5, 0.6) is 0 Å². The lowest BCUT2D eigenvalue weighted by Gasteiger charge is -2.31. The molecule has 1 amide bonds. The van der Waals surface area contributed by atoms with E-state index in [1.54, 1.807) is 11.0 Å². The third-order valence-electron chi connectivity index (χ3n) is 3.54. The average Bonchev–Trinajstić information content (AvgIpc) is 2.82. The zero-order chi connectivity index (χ0) is 14.7. The van der Waals surface area contributed by atoms with Gasteiger partial charge in [-0.1, -0.05) is 6.92 Å². The fourth-order valence-electron chi connectivity index (χ4n) is 2.65. The van der Waals surface area contributed by atoms with Gasteiger partial charge in [-0.05, 0) is 25.3 Å². The molecule has 1 aromatic heterocycles. The number of nitrogens with zero attached hydrogens (tertiary/aromatic N) is 2. The van der Waals surface area contributed by atoms with E-state index in [9.17, 15) is 14.9 Å². The van der Waals surface area contributed by atoms with Crippen molar-refractivity contribution in [1.29, 1.82) is 0 Å². The number of hydrogen-bond donors (Lipinski definition) is 1. The van der Waals surface area contributed by atoms with Crippen LogP contribution < -0.4 is 5.73 Å². The Morgan fingerprint density at radius 1 is 1.55 bits per heavy atom. The number of nitrogens with two attached hydrogens (primary N) is 1. The largest absolute Gasteiger partial charge is 0.433 e. The van der Waals surface area contributed by atoms with Crippen molar-refractivity contribution in [2.45, 2.75) is 44.7 Å². The highest BCUT2D eigenvalue weighted by molar-refractivity contribution is 5.77. The first-order chi connectivity index (χ1) is 9.54. The van der Waals surface area contributed by atoms with E-state index in [4.69, 9.17) is 10.2 Å². The van der Waals surface area contributed by atoms with Gasteiger partial charge < -0.3 is 15.1 Å². The van der Waals surface area contributed by atoms with Crippen LogP contribution in [0.15, 0.2) is 16.5 Å². The third kappa shape index (κ3) is 2.82. The second kappa shape index (κ2) is 6.04. The first-order valence-electron chi connectivity index (χ1n) is 6.83. The molecule has 1 saturated heterocycles. The van der Waals surface area contributed by atoms with Gasteiger partial charge in [0, 0.05) is 19.0 Å². The van der Waals surface area contributed by atoms with E-state index < -0.39 is 11.0 Å². The zero-order valence-electron chi connectivity index (χ0n) is 11.4. The third-order valence-corrected chi connectivity index (χ3v) is 3.54. The van der Waals surface area contributed by atoms with Gasteiger partial charge in [0.25, 0.3) is 0 Å². The van der Waals surface area contributed by atoms with Crippen LogP contribution >= 0.6 is 0 Å². The molecule has 0 aromatic carbocycles. The summed E-state index contributed by atoms with van der Waals surface area (Å²) in [5, 5.41) is 10.7. The number of carbonyl (C=O) groups excluding carboxylic acids is 1. The number of furan rings is 1. The van der Waals surface area contributed by atoms with Crippen molar-refractivity contribution in [2.24, 2.45) is 5.73 Å². The summed E-state index contributed by atoms with van der Waals surface area (Å²) < 4.78 is 5.26. The standard InChI is InChI=1S/C13H19N3O4/c1-2-8-15-11(17)5-3-4-9(14)13(15)10-6-7-12(20-10)16(18)19/h6-7,9,13H,2-5,8,14H2,1H3. The molecule has 2 heterocycles. The summed E-state index contributed by atoms with van der Waals surface area (Å²) in [6.45, 7) is 2.55. The lowest BCUT2D eigenvalue weighted by molar-refractivity contribution is -0.402. The number of carbonyl (C=O) groups is 1. The first-order valence-corrected chi connectivity index (χ1v) is 6.83. The Hall–Kier alpha value is -1.89. The summed E-state index contributed by atoms with van der Waals surface area (Å²) in [6.07, 6.45) is 2.70. The van der Waals surface area contributed by atoms with Crippen LogP contribution in [-0.4, -0.2) is 28.3 Å². The zero-order valence-corrected chi connectivity index (χ0v) is 11.4. The van der Waals surface area contributed by atoms with Crippen molar-refractivity contribution in [1.82, 2.24) is 4.90 Å². The monoisotopic (exact) mass is 281 g/mol. The van der Waals surface area contributed by atoms with Crippen molar-refractivity contribution in [3.63, 3.8) is 0 Å². The van der Waals surface area contributed by atoms with Crippen molar-refractivity contribution in [3.05, 3.63) is 28.0 Å². The molecule has 0 bridgehead atoms. The van der Waals surface area contributed by atoms with Gasteiger partial charge in [-0.2, -0.15) is 0 Å². The minimum atomic E-state index is -0.586. The van der Waals surface area contributed by atoms with Crippen molar-refractivity contribution in [2.75, 3.05) is 6.54 Å². The highest BCUT2D eigenvalue weighted by Crippen LogP contribution is 2.32. The molecule has 2 atom stereocenters. The van der Waals surface area contributed by atoms with Crippen molar-refractivity contribution < 1.29 is 14.1 Å². The quantitative estimate of drug-likeness (QED) is 0.671. The molecular weight excluding hydrogens is 262 g/mol. The Balaban J connectivity index is 2.34. The average molecular weight is 281 g/mol. The number of nitro groups is 1. The fourth-order valence-corrected chi connectivity index (χ4v) is 2.65. The molecule has 7 heteroatoms. The van der Waals surface area contributed by atoms with Crippen molar-refractivity contribution >= 4 is 11.8 Å². The van der Waals surface area contributed by atoms with Crippen LogP contribution in [0.4, 0.5) is 5.88 Å². The van der Waals surface area contributed by atoms with Crippen LogP contribution in [0.2, 0.25) is 0 Å². The summed E-state index contributed by atoms with van der Waals surface area (Å²) in [6, 6.07) is 2.17. The summed E-state index contributed by atoms with van der Waals surface area (Å²) in [4.78, 5) is 24.0. The number of amides is 1. The maximum absolute atomic E-state index is 12.2. The Morgan fingerprint density at radius 2 is 2.30 bits per heavy atom. The van der Waals surface area contributed by atoms with E-state index in [-0.39, 0.29) is 17.8 Å². The van der Waals surface area contributed by atoms with Crippen LogP contribution in [0.3, 0.4) is 0 Å². The van der Waals surface area contributed by atoms with Gasteiger partial charge in [-0.15, -0.1) is 0 Å². The molecule has 0 spiro atoms. The van der Waals surface area contributed by atoms with Gasteiger partial charge in [0.15, 0.2) is 0 Å². The van der Waals surface area contributed by atoms with E-state index in [0.29, 0.717) is 25.1 Å². The molecule has 7 nitrogen and oxygen atoms in total. The van der Waals surface area contributed by atoms with Gasteiger partial charge in [0.1, 0.15) is 16.7 Å². The van der Waals surface area contributed by atoms with E-state index in [1.165, 1.54) is 6.07 Å². The molecule has 0 radical (unpaired) electrons. The highest BCUT2D eigenvalue weighted by atomic mass is 16.6. The first kappa shape index (κ1) is 14.5. The normalized spacial score (nSPS) is 23.7. The molecule has 110 valence electrons. The topological polar surface area (TPSA) is 103 Å². The summed E-state index contributed by atoms with van der Waals surface area (Å²) in [7, 11) is 0. The minimum absolute atomic E-state index is 0.0313. The Kier molecular flexibility index (Phi) is 4.39. The minimum Gasteiger partial charge on any atom is -0.404 e. The van der Waals surface area contributed by atoms with Crippen molar-refractivity contribution in [3.8, 4) is 0 Å². The number of rotatable bonds is 4. The number of hydrogen-bond acceptors (Lipinski definition) is 5. The lowest BCUT2D eigenvalue weighted by atomic mass is 10.0. The highest BCUT2D eigenvalue weighted by Gasteiger charge is 2.35. The number of likely N-dealkylation sites (tertiary alicyclic amines) is 1. The molecule has 2 N–H and O–H groups in total. The van der Waals surface area contributed by atoms with E-state index in [0.717, 1.165) is 12.8 Å². The second-order valence-electron chi connectivity index (χ2n) is 5.02. The lowest BCUT2D eigenvalue weighted by Crippen LogP contribution is -2.42. The van der Waals surface area contributed by atoms with E-state index in [2.05, 4.69) is 0 Å². The predicted octanol–water partition coefficient (Wildman–Crippen LogP) is 1.98. The van der Waals surface area contributed by atoms with E-state index in [1.807, 2.05) is 6.92 Å². The van der Waals surface area contributed by atoms with Crippen LogP contribution in [0.1, 0.15) is 44.4 Å². The molecule has 2 unspecified atom stereocenters. The molecule has 0 aliphatic carbocycles. The molecule has 20 heavy (non-hydrogen) atoms. The smallest absolute Gasteiger partial charge is 0.404 e. The van der Waals surface area contributed by atoms with Crippen LogP contribution in [-0.2, 0) is 4.79 Å². The van der Waals surface area contributed by atoms with Crippen LogP contribution in [0.25, 0.3) is 0 Å². The maximum atomic E-state index is 12.2. The maximum Gasteiger partial charge on any atom is 0.433 e. The summed E-state index contributed by atoms with van der Waals surface area (Å²) in [5.74, 6) is 0.108.